The first-order valence-corrected chi connectivity index (χ1v) is 8.75. The van der Waals surface area contributed by atoms with Crippen LogP contribution in [0.4, 0.5) is 23.0 Å². The predicted molar refractivity (Wildman–Crippen MR) is 110 cm³/mol. The summed E-state index contributed by atoms with van der Waals surface area (Å²) in [7, 11) is 3.93. The number of amides is 1. The number of nitrogens with zero attached hydrogens (tertiary/aromatic N) is 3. The van der Waals surface area contributed by atoms with Gasteiger partial charge in [0.15, 0.2) is 0 Å². The molecule has 6 nitrogen and oxygen atoms in total. The number of hydrogen-bond donors (Lipinski definition) is 2. The van der Waals surface area contributed by atoms with Crippen LogP contribution in [0, 0.1) is 6.92 Å². The van der Waals surface area contributed by atoms with Crippen molar-refractivity contribution in [1.29, 1.82) is 0 Å². The van der Waals surface area contributed by atoms with E-state index >= 15 is 0 Å². The Hall–Kier alpha value is -3.12. The van der Waals surface area contributed by atoms with Gasteiger partial charge in [-0.3, -0.25) is 4.79 Å². The number of halogens is 1. The third-order valence-electron chi connectivity index (χ3n) is 3.96. The summed E-state index contributed by atoms with van der Waals surface area (Å²) in [5, 5.41) is 6.54. The van der Waals surface area contributed by atoms with E-state index in [2.05, 4.69) is 20.6 Å². The smallest absolute Gasteiger partial charge is 0.274 e. The maximum atomic E-state index is 12.5. The summed E-state index contributed by atoms with van der Waals surface area (Å²) in [6.07, 6.45) is 1.54. The number of carbonyl (C=O) groups is 1. The molecule has 0 aliphatic rings. The van der Waals surface area contributed by atoms with Crippen LogP contribution in [-0.2, 0) is 0 Å². The third kappa shape index (κ3) is 4.74. The Kier molecular flexibility index (Phi) is 5.57. The largest absolute Gasteiger partial charge is 0.378 e. The maximum Gasteiger partial charge on any atom is 0.274 e. The summed E-state index contributed by atoms with van der Waals surface area (Å²) in [6.45, 7) is 1.93. The SMILES string of the molecule is Cc1ccc(Nc2nccc(C(=O)Nc3ccc(N(C)C)cc3)n2)cc1Cl. The second kappa shape index (κ2) is 8.05. The van der Waals surface area contributed by atoms with Crippen LogP contribution in [-0.4, -0.2) is 30.0 Å². The number of anilines is 4. The van der Waals surface area contributed by atoms with Gasteiger partial charge in [0.1, 0.15) is 5.69 Å². The standard InChI is InChI=1S/C20H20ClN5O/c1-13-4-5-15(12-17(13)21)24-20-22-11-10-18(25-20)19(27)23-14-6-8-16(9-7-14)26(2)3/h4-12H,1-3H3,(H,23,27)(H,22,24,25). The van der Waals surface area contributed by atoms with Crippen LogP contribution in [0.15, 0.2) is 54.7 Å². The molecule has 138 valence electrons. The fraction of sp³-hybridized carbons (Fsp3) is 0.150. The van der Waals surface area contributed by atoms with Crippen molar-refractivity contribution < 1.29 is 4.79 Å². The molecular weight excluding hydrogens is 362 g/mol. The van der Waals surface area contributed by atoms with Crippen molar-refractivity contribution in [3.63, 3.8) is 0 Å². The van der Waals surface area contributed by atoms with Gasteiger partial charge in [0.2, 0.25) is 5.95 Å². The van der Waals surface area contributed by atoms with Gasteiger partial charge in [-0.2, -0.15) is 0 Å². The van der Waals surface area contributed by atoms with E-state index in [0.717, 1.165) is 16.9 Å². The lowest BCUT2D eigenvalue weighted by Gasteiger charge is -2.13. The van der Waals surface area contributed by atoms with Gasteiger partial charge in [-0.25, -0.2) is 9.97 Å². The van der Waals surface area contributed by atoms with Crippen LogP contribution in [0.3, 0.4) is 0 Å². The lowest BCUT2D eigenvalue weighted by Crippen LogP contribution is -2.15. The minimum absolute atomic E-state index is 0.266. The number of benzene rings is 2. The van der Waals surface area contributed by atoms with Crippen LogP contribution < -0.4 is 15.5 Å². The van der Waals surface area contributed by atoms with Crippen LogP contribution in [0.1, 0.15) is 16.1 Å². The van der Waals surface area contributed by atoms with Gasteiger partial charge in [-0.05, 0) is 55.0 Å². The zero-order chi connectivity index (χ0) is 19.4. The number of aromatic nitrogens is 2. The molecule has 0 radical (unpaired) electrons. The van der Waals surface area contributed by atoms with Crippen molar-refractivity contribution in [2.24, 2.45) is 0 Å². The van der Waals surface area contributed by atoms with Crippen molar-refractivity contribution >= 4 is 40.5 Å². The van der Waals surface area contributed by atoms with Crippen LogP contribution in [0.5, 0.6) is 0 Å². The van der Waals surface area contributed by atoms with E-state index in [9.17, 15) is 4.79 Å². The predicted octanol–water partition coefficient (Wildman–Crippen LogP) is 4.50. The summed E-state index contributed by atoms with van der Waals surface area (Å²) < 4.78 is 0. The van der Waals surface area contributed by atoms with Crippen LogP contribution in [0.2, 0.25) is 5.02 Å². The minimum atomic E-state index is -0.306. The third-order valence-corrected chi connectivity index (χ3v) is 4.36. The average Bonchev–Trinajstić information content (AvgIpc) is 2.65. The van der Waals surface area contributed by atoms with Gasteiger partial charge in [-0.15, -0.1) is 0 Å². The van der Waals surface area contributed by atoms with Crippen molar-refractivity contribution in [3.8, 4) is 0 Å². The zero-order valence-electron chi connectivity index (χ0n) is 15.3. The van der Waals surface area contributed by atoms with Gasteiger partial charge < -0.3 is 15.5 Å². The van der Waals surface area contributed by atoms with E-state index in [1.54, 1.807) is 12.1 Å². The fourth-order valence-electron chi connectivity index (χ4n) is 2.38. The molecule has 0 saturated heterocycles. The van der Waals surface area contributed by atoms with E-state index in [4.69, 9.17) is 11.6 Å². The molecule has 7 heteroatoms. The first kappa shape index (κ1) is 18.7. The maximum absolute atomic E-state index is 12.5. The number of rotatable bonds is 5. The van der Waals surface area contributed by atoms with Gasteiger partial charge >= 0.3 is 0 Å². The molecule has 3 rings (SSSR count). The lowest BCUT2D eigenvalue weighted by atomic mass is 10.2. The van der Waals surface area contributed by atoms with E-state index in [0.29, 0.717) is 16.7 Å². The highest BCUT2D eigenvalue weighted by Crippen LogP contribution is 2.22. The number of hydrogen-bond acceptors (Lipinski definition) is 5. The van der Waals surface area contributed by atoms with Crippen molar-refractivity contribution in [3.05, 3.63) is 71.0 Å². The molecule has 0 aliphatic heterocycles. The highest BCUT2D eigenvalue weighted by molar-refractivity contribution is 6.31. The van der Waals surface area contributed by atoms with Crippen molar-refractivity contribution in [2.75, 3.05) is 29.6 Å². The molecular formula is C20H20ClN5O. The molecule has 3 aromatic rings. The zero-order valence-corrected chi connectivity index (χ0v) is 16.1. The first-order valence-electron chi connectivity index (χ1n) is 8.37. The Balaban J connectivity index is 1.72. The Morgan fingerprint density at radius 1 is 1.04 bits per heavy atom. The van der Waals surface area contributed by atoms with E-state index < -0.39 is 0 Å². The molecule has 1 amide bonds. The van der Waals surface area contributed by atoms with Gasteiger partial charge in [-0.1, -0.05) is 17.7 Å². The van der Waals surface area contributed by atoms with Crippen LogP contribution in [0.25, 0.3) is 0 Å². The first-order chi connectivity index (χ1) is 12.9. The Morgan fingerprint density at radius 2 is 1.74 bits per heavy atom. The van der Waals surface area contributed by atoms with E-state index in [-0.39, 0.29) is 11.6 Å². The molecule has 0 bridgehead atoms. The average molecular weight is 382 g/mol. The molecule has 0 aliphatic carbocycles. The van der Waals surface area contributed by atoms with Gasteiger partial charge in [0, 0.05) is 42.4 Å². The molecule has 0 saturated carbocycles. The molecule has 2 N–H and O–H groups in total. The summed E-state index contributed by atoms with van der Waals surface area (Å²) in [4.78, 5) is 22.9. The second-order valence-electron chi connectivity index (χ2n) is 6.25. The monoisotopic (exact) mass is 381 g/mol. The van der Waals surface area contributed by atoms with E-state index in [1.807, 2.05) is 62.3 Å². The minimum Gasteiger partial charge on any atom is -0.378 e. The quantitative estimate of drug-likeness (QED) is 0.680. The van der Waals surface area contributed by atoms with Gasteiger partial charge in [0.25, 0.3) is 5.91 Å². The summed E-state index contributed by atoms with van der Waals surface area (Å²) in [5.74, 6) is 0.0190. The van der Waals surface area contributed by atoms with Crippen LogP contribution >= 0.6 is 11.6 Å². The molecule has 0 atom stereocenters. The number of nitrogens with one attached hydrogen (secondary N) is 2. The van der Waals surface area contributed by atoms with Crippen molar-refractivity contribution in [2.45, 2.75) is 6.92 Å². The second-order valence-corrected chi connectivity index (χ2v) is 6.66. The molecule has 1 heterocycles. The normalized spacial score (nSPS) is 10.4. The molecule has 27 heavy (non-hydrogen) atoms. The number of aryl methyl sites for hydroxylation is 1. The molecule has 1 aromatic heterocycles. The molecule has 0 fully saturated rings. The highest BCUT2D eigenvalue weighted by atomic mass is 35.5. The fourth-order valence-corrected chi connectivity index (χ4v) is 2.56. The topological polar surface area (TPSA) is 70.2 Å². The van der Waals surface area contributed by atoms with Crippen molar-refractivity contribution in [1.82, 2.24) is 9.97 Å². The summed E-state index contributed by atoms with van der Waals surface area (Å²) in [5.41, 5.74) is 3.75. The van der Waals surface area contributed by atoms with E-state index in [1.165, 1.54) is 6.20 Å². The number of carbonyl (C=O) groups excluding carboxylic acids is 1. The Bertz CT molecular complexity index is 957. The lowest BCUT2D eigenvalue weighted by molar-refractivity contribution is 0.102. The Morgan fingerprint density at radius 3 is 2.41 bits per heavy atom. The summed E-state index contributed by atoms with van der Waals surface area (Å²) >= 11 is 6.13. The van der Waals surface area contributed by atoms with Gasteiger partial charge in [0.05, 0.1) is 0 Å². The summed E-state index contributed by atoms with van der Waals surface area (Å²) in [6, 6.07) is 14.7. The Labute approximate surface area is 163 Å². The molecule has 2 aromatic carbocycles. The highest BCUT2D eigenvalue weighted by Gasteiger charge is 2.10. The molecule has 0 spiro atoms. The molecule has 0 unspecified atom stereocenters.